The molecule has 23 heavy (non-hydrogen) atoms. The van der Waals surface area contributed by atoms with Crippen molar-refractivity contribution in [1.29, 1.82) is 0 Å². The first-order valence-corrected chi connectivity index (χ1v) is 7.74. The summed E-state index contributed by atoms with van der Waals surface area (Å²) in [4.78, 5) is 4.20. The van der Waals surface area contributed by atoms with Gasteiger partial charge >= 0.3 is 0 Å². The summed E-state index contributed by atoms with van der Waals surface area (Å²) in [5.74, 6) is 0.805. The maximum Gasteiger partial charge on any atom is 0.191 e. The molecule has 0 spiro atoms. The Labute approximate surface area is 157 Å². The van der Waals surface area contributed by atoms with E-state index in [1.165, 1.54) is 16.7 Å². The number of ether oxygens (including phenoxy) is 2. The van der Waals surface area contributed by atoms with Crippen LogP contribution in [0.1, 0.15) is 16.7 Å². The van der Waals surface area contributed by atoms with Gasteiger partial charge in [0.15, 0.2) is 5.96 Å². The lowest BCUT2D eigenvalue weighted by Crippen LogP contribution is -2.39. The van der Waals surface area contributed by atoms with Gasteiger partial charge in [0.1, 0.15) is 0 Å². The van der Waals surface area contributed by atoms with Crippen molar-refractivity contribution in [2.75, 3.05) is 47.1 Å². The fourth-order valence-electron chi connectivity index (χ4n) is 2.25. The number of hydrogen-bond acceptors (Lipinski definition) is 3. The van der Waals surface area contributed by atoms with Crippen molar-refractivity contribution in [2.45, 2.75) is 20.3 Å². The van der Waals surface area contributed by atoms with Gasteiger partial charge in [-0.1, -0.05) is 29.3 Å². The molecule has 1 rings (SSSR count). The maximum absolute atomic E-state index is 5.40. The van der Waals surface area contributed by atoms with Crippen LogP contribution >= 0.6 is 24.0 Å². The lowest BCUT2D eigenvalue weighted by atomic mass is 10.1. The summed E-state index contributed by atoms with van der Waals surface area (Å²) in [6.45, 7) is 7.74. The van der Waals surface area contributed by atoms with Gasteiger partial charge in [-0.25, -0.2) is 0 Å². The number of hydrogen-bond donors (Lipinski definition) is 2. The van der Waals surface area contributed by atoms with E-state index < -0.39 is 0 Å². The highest BCUT2D eigenvalue weighted by Gasteiger charge is 1.99. The van der Waals surface area contributed by atoms with Crippen LogP contribution in [0.2, 0.25) is 0 Å². The number of nitrogens with one attached hydrogen (secondary N) is 2. The Bertz CT molecular complexity index is 447. The predicted octanol–water partition coefficient (Wildman–Crippen LogP) is 2.29. The molecule has 2 N–H and O–H groups in total. The monoisotopic (exact) mass is 435 g/mol. The average Bonchev–Trinajstić information content (AvgIpc) is 2.48. The Morgan fingerprint density at radius 2 is 1.65 bits per heavy atom. The van der Waals surface area contributed by atoms with Crippen LogP contribution in [0.4, 0.5) is 0 Å². The van der Waals surface area contributed by atoms with E-state index in [1.807, 2.05) is 0 Å². The second-order valence-electron chi connectivity index (χ2n) is 5.28. The summed E-state index contributed by atoms with van der Waals surface area (Å²) < 4.78 is 10.3. The van der Waals surface area contributed by atoms with Crippen LogP contribution in [0, 0.1) is 13.8 Å². The Hall–Kier alpha value is -0.860. The smallest absolute Gasteiger partial charge is 0.191 e. The van der Waals surface area contributed by atoms with Crippen molar-refractivity contribution >= 4 is 29.9 Å². The van der Waals surface area contributed by atoms with Gasteiger partial charge in [0, 0.05) is 27.2 Å². The molecule has 0 fully saturated rings. The molecule has 0 amide bonds. The molecule has 0 bridgehead atoms. The summed E-state index contributed by atoms with van der Waals surface area (Å²) >= 11 is 0. The fourth-order valence-corrected chi connectivity index (χ4v) is 2.25. The van der Waals surface area contributed by atoms with Crippen LogP contribution in [0.3, 0.4) is 0 Å². The quantitative estimate of drug-likeness (QED) is 0.271. The molecule has 0 aliphatic carbocycles. The normalized spacial score (nSPS) is 11.0. The van der Waals surface area contributed by atoms with Gasteiger partial charge in [0.2, 0.25) is 0 Å². The number of halogens is 1. The highest BCUT2D eigenvalue weighted by molar-refractivity contribution is 14.0. The van der Waals surface area contributed by atoms with Crippen LogP contribution in [0.25, 0.3) is 0 Å². The van der Waals surface area contributed by atoms with Gasteiger partial charge in [0.05, 0.1) is 19.8 Å². The third kappa shape index (κ3) is 10.5. The highest BCUT2D eigenvalue weighted by atomic mass is 127. The molecular weight excluding hydrogens is 405 g/mol. The molecule has 6 heteroatoms. The molecule has 1 aromatic rings. The van der Waals surface area contributed by atoms with E-state index in [1.54, 1.807) is 14.2 Å². The Kier molecular flexibility index (Phi) is 13.1. The number of nitrogens with zero attached hydrogens (tertiary/aromatic N) is 1. The fraction of sp³-hybridized carbons (Fsp3) is 0.588. The first-order chi connectivity index (χ1) is 10.7. The van der Waals surface area contributed by atoms with Crippen molar-refractivity contribution in [3.05, 3.63) is 34.9 Å². The minimum absolute atomic E-state index is 0. The molecule has 0 saturated carbocycles. The van der Waals surface area contributed by atoms with E-state index in [0.717, 1.165) is 25.5 Å². The van der Waals surface area contributed by atoms with Gasteiger partial charge in [0.25, 0.3) is 0 Å². The number of guanidine groups is 1. The van der Waals surface area contributed by atoms with Crippen molar-refractivity contribution in [2.24, 2.45) is 4.99 Å². The zero-order valence-corrected chi connectivity index (χ0v) is 17.0. The van der Waals surface area contributed by atoms with Gasteiger partial charge in [-0.05, 0) is 25.8 Å². The number of aliphatic imine (C=N–C) groups is 1. The minimum Gasteiger partial charge on any atom is -0.382 e. The van der Waals surface area contributed by atoms with E-state index in [2.05, 4.69) is 47.7 Å². The topological polar surface area (TPSA) is 54.9 Å². The van der Waals surface area contributed by atoms with E-state index in [4.69, 9.17) is 9.47 Å². The minimum atomic E-state index is 0. The molecule has 0 heterocycles. The zero-order valence-electron chi connectivity index (χ0n) is 14.6. The largest absolute Gasteiger partial charge is 0.382 e. The Morgan fingerprint density at radius 1 is 1.00 bits per heavy atom. The van der Waals surface area contributed by atoms with E-state index in [0.29, 0.717) is 19.8 Å². The predicted molar refractivity (Wildman–Crippen MR) is 107 cm³/mol. The van der Waals surface area contributed by atoms with Crippen molar-refractivity contribution in [1.82, 2.24) is 10.6 Å². The lowest BCUT2D eigenvalue weighted by molar-refractivity contribution is 0.0733. The van der Waals surface area contributed by atoms with Crippen LogP contribution in [0.15, 0.2) is 23.2 Å². The molecule has 0 aliphatic rings. The summed E-state index contributed by atoms with van der Waals surface area (Å²) in [6, 6.07) is 6.66. The number of benzene rings is 1. The van der Waals surface area contributed by atoms with Crippen molar-refractivity contribution in [3.63, 3.8) is 0 Å². The van der Waals surface area contributed by atoms with Crippen LogP contribution in [0.5, 0.6) is 0 Å². The van der Waals surface area contributed by atoms with Crippen molar-refractivity contribution < 1.29 is 9.47 Å². The van der Waals surface area contributed by atoms with Gasteiger partial charge in [-0.15, -0.1) is 24.0 Å². The molecule has 1 aromatic carbocycles. The third-order valence-corrected chi connectivity index (χ3v) is 3.18. The molecule has 0 aromatic heterocycles. The first-order valence-electron chi connectivity index (χ1n) is 7.74. The average molecular weight is 435 g/mol. The summed E-state index contributed by atoms with van der Waals surface area (Å²) in [7, 11) is 3.45. The second kappa shape index (κ2) is 13.6. The van der Waals surface area contributed by atoms with Gasteiger partial charge in [-0.3, -0.25) is 4.99 Å². The summed E-state index contributed by atoms with van der Waals surface area (Å²) in [5, 5.41) is 6.55. The van der Waals surface area contributed by atoms with Crippen LogP contribution < -0.4 is 10.6 Å². The lowest BCUT2D eigenvalue weighted by Gasteiger charge is -2.12. The van der Waals surface area contributed by atoms with E-state index >= 15 is 0 Å². The zero-order chi connectivity index (χ0) is 16.2. The molecule has 0 saturated heterocycles. The molecule has 5 nitrogen and oxygen atoms in total. The molecule has 132 valence electrons. The summed E-state index contributed by atoms with van der Waals surface area (Å²) in [6.07, 6.45) is 0.980. The van der Waals surface area contributed by atoms with Gasteiger partial charge in [-0.2, -0.15) is 0 Å². The van der Waals surface area contributed by atoms with Crippen molar-refractivity contribution in [3.8, 4) is 0 Å². The summed E-state index contributed by atoms with van der Waals surface area (Å²) in [5.41, 5.74) is 3.97. The van der Waals surface area contributed by atoms with Crippen LogP contribution in [-0.2, 0) is 15.9 Å². The molecule has 0 unspecified atom stereocenters. The number of methoxy groups -OCH3 is 1. The Morgan fingerprint density at radius 3 is 2.26 bits per heavy atom. The number of aryl methyl sites for hydroxylation is 2. The van der Waals surface area contributed by atoms with E-state index in [9.17, 15) is 0 Å². The molecule has 0 atom stereocenters. The van der Waals surface area contributed by atoms with E-state index in [-0.39, 0.29) is 24.0 Å². The van der Waals surface area contributed by atoms with Gasteiger partial charge < -0.3 is 20.1 Å². The highest BCUT2D eigenvalue weighted by Crippen LogP contribution is 2.08. The van der Waals surface area contributed by atoms with Crippen LogP contribution in [-0.4, -0.2) is 53.0 Å². The molecule has 0 radical (unpaired) electrons. The molecular formula is C17H30IN3O2. The number of rotatable bonds is 9. The first kappa shape index (κ1) is 22.1. The Balaban J connectivity index is 0.00000484. The standard InChI is InChI=1S/C17H29N3O2.HI/c1-14-11-15(2)13-16(12-14)5-6-19-17(18-3)20-7-8-22-10-9-21-4;/h11-13H,5-10H2,1-4H3,(H2,18,19,20);1H. The molecule has 0 aliphatic heterocycles. The SMILES string of the molecule is CN=C(NCCOCCOC)NCCc1cc(C)cc(C)c1.I. The third-order valence-electron chi connectivity index (χ3n) is 3.18. The second-order valence-corrected chi connectivity index (χ2v) is 5.28. The maximum atomic E-state index is 5.40.